The predicted octanol–water partition coefficient (Wildman–Crippen LogP) is 7.68. The fraction of sp³-hybridized carbons (Fsp3) is 0. The molecule has 0 unspecified atom stereocenters. The molecule has 5 heteroatoms. The van der Waals surface area contributed by atoms with Gasteiger partial charge in [0.05, 0.1) is 17.9 Å². The van der Waals surface area contributed by atoms with E-state index in [1.54, 1.807) is 0 Å². The Labute approximate surface area is 299 Å². The van der Waals surface area contributed by atoms with E-state index in [0.29, 0.717) is 11.4 Å². The van der Waals surface area contributed by atoms with Gasteiger partial charge in [-0.25, -0.2) is 4.98 Å². The first-order valence-corrected chi connectivity index (χ1v) is 18.5. The minimum absolute atomic E-state index is 0.0121. The summed E-state index contributed by atoms with van der Waals surface area (Å²) in [5.41, 5.74) is 2.35. The first-order valence-electron chi connectivity index (χ1n) is 19.0. The molecule has 0 amide bonds. The van der Waals surface area contributed by atoms with Crippen LogP contribution >= 0.6 is 0 Å². The largest absolute Gasteiger partial charge is 0.278 e. The van der Waals surface area contributed by atoms with Gasteiger partial charge in [-0.1, -0.05) is 182 Å². The SMILES string of the molecule is [2H]c1c([2H])c([2H])c(-c2nc(-c3cccc([Si](c4ccccc4)(c4ccccc4)c4ccccc4)c3)nc(-n3c4ccccc4c4ccccc43)n2)c([2H])c1[2H]. The quantitative estimate of drug-likeness (QED) is 0.130. The molecule has 236 valence electrons. The third kappa shape index (κ3) is 4.95. The zero-order chi connectivity index (χ0) is 37.7. The molecule has 0 N–H and O–H groups in total. The zero-order valence-electron chi connectivity index (χ0n) is 31.9. The van der Waals surface area contributed by atoms with Gasteiger partial charge in [-0.05, 0) is 32.9 Å². The van der Waals surface area contributed by atoms with E-state index >= 15 is 0 Å². The molecule has 0 saturated carbocycles. The van der Waals surface area contributed by atoms with Gasteiger partial charge in [-0.15, -0.1) is 0 Å². The van der Waals surface area contributed by atoms with E-state index in [-0.39, 0.29) is 29.4 Å². The maximum Gasteiger partial charge on any atom is 0.238 e. The summed E-state index contributed by atoms with van der Waals surface area (Å²) in [6, 6.07) is 54.0. The Morgan fingerprint density at radius 3 is 1.42 bits per heavy atom. The average molecular weight is 662 g/mol. The van der Waals surface area contributed by atoms with E-state index in [1.807, 2.05) is 71.3 Å². The van der Waals surface area contributed by atoms with Crippen LogP contribution in [-0.4, -0.2) is 27.6 Å². The van der Waals surface area contributed by atoms with Gasteiger partial charge in [0.25, 0.3) is 0 Å². The molecule has 0 aliphatic rings. The predicted molar refractivity (Wildman–Crippen MR) is 209 cm³/mol. The van der Waals surface area contributed by atoms with Crippen molar-refractivity contribution in [2.75, 3.05) is 0 Å². The molecule has 0 saturated heterocycles. The summed E-state index contributed by atoms with van der Waals surface area (Å²) in [7, 11) is -2.93. The molecule has 0 bridgehead atoms. The van der Waals surface area contributed by atoms with Crippen molar-refractivity contribution in [3.05, 3.63) is 194 Å². The summed E-state index contributed by atoms with van der Waals surface area (Å²) in [5.74, 6) is 0.571. The van der Waals surface area contributed by atoms with Crippen molar-refractivity contribution in [3.8, 4) is 28.7 Å². The van der Waals surface area contributed by atoms with E-state index in [1.165, 1.54) is 15.6 Å². The molecule has 0 fully saturated rings. The molecule has 4 nitrogen and oxygen atoms in total. The molecule has 9 aromatic rings. The van der Waals surface area contributed by atoms with Crippen LogP contribution in [0.4, 0.5) is 0 Å². The van der Waals surface area contributed by atoms with Gasteiger partial charge >= 0.3 is 0 Å². The topological polar surface area (TPSA) is 43.6 Å². The number of rotatable bonds is 7. The second-order valence-electron chi connectivity index (χ2n) is 12.1. The summed E-state index contributed by atoms with van der Waals surface area (Å²) in [6.07, 6.45) is 0. The maximum atomic E-state index is 8.88. The van der Waals surface area contributed by atoms with E-state index < -0.39 is 26.2 Å². The number of aromatic nitrogens is 4. The lowest BCUT2D eigenvalue weighted by Crippen LogP contribution is -2.74. The van der Waals surface area contributed by atoms with Crippen molar-refractivity contribution in [1.82, 2.24) is 19.5 Å². The number of benzene rings is 7. The van der Waals surface area contributed by atoms with Crippen molar-refractivity contribution in [2.24, 2.45) is 0 Å². The van der Waals surface area contributed by atoms with Crippen LogP contribution in [0.15, 0.2) is 194 Å². The first kappa shape index (κ1) is 24.7. The summed E-state index contributed by atoms with van der Waals surface area (Å²) in [6.45, 7) is 0. The van der Waals surface area contributed by atoms with E-state index in [0.717, 1.165) is 27.0 Å². The fourth-order valence-corrected chi connectivity index (χ4v) is 12.0. The van der Waals surface area contributed by atoms with Crippen molar-refractivity contribution >= 4 is 50.6 Å². The Hall–Kier alpha value is -6.43. The standard InChI is InChI=1S/C45H32N4Si/c1-5-18-33(19-6-1)43-46-44(48-45(47-43)49-41-30-15-13-28-39(41)40-29-14-16-31-42(40)49)34-20-17-27-38(32-34)50(35-21-7-2-8-22-35,36-23-9-3-10-24-36)37-25-11-4-12-26-37/h1-32H/i1D,5D,6D,18D,19D. The van der Waals surface area contributed by atoms with Crippen molar-refractivity contribution in [1.29, 1.82) is 0 Å². The highest BCUT2D eigenvalue weighted by molar-refractivity contribution is 7.19. The Morgan fingerprint density at radius 2 is 0.880 bits per heavy atom. The number of para-hydroxylation sites is 2. The van der Waals surface area contributed by atoms with E-state index in [4.69, 9.17) is 21.8 Å². The molecule has 0 spiro atoms. The molecule has 0 radical (unpaired) electrons. The minimum atomic E-state index is -2.93. The molecular weight excluding hydrogens is 625 g/mol. The van der Waals surface area contributed by atoms with Crippen LogP contribution in [0.2, 0.25) is 0 Å². The first-order chi connectivity index (χ1) is 26.9. The van der Waals surface area contributed by atoms with Crippen LogP contribution in [0.1, 0.15) is 6.85 Å². The van der Waals surface area contributed by atoms with Gasteiger partial charge in [0.15, 0.2) is 19.7 Å². The van der Waals surface area contributed by atoms with Crippen LogP contribution < -0.4 is 20.7 Å². The average Bonchev–Trinajstić information content (AvgIpc) is 3.58. The lowest BCUT2D eigenvalue weighted by Gasteiger charge is -2.34. The second kappa shape index (κ2) is 12.5. The van der Waals surface area contributed by atoms with Crippen LogP contribution in [-0.2, 0) is 0 Å². The van der Waals surface area contributed by atoms with Crippen molar-refractivity contribution in [3.63, 3.8) is 0 Å². The van der Waals surface area contributed by atoms with E-state index in [2.05, 4.69) is 97.1 Å². The molecule has 2 aromatic heterocycles. The Morgan fingerprint density at radius 1 is 0.420 bits per heavy atom. The summed E-state index contributed by atoms with van der Waals surface area (Å²) in [5, 5.41) is 6.77. The third-order valence-corrected chi connectivity index (χ3v) is 14.1. The zero-order valence-corrected chi connectivity index (χ0v) is 27.9. The van der Waals surface area contributed by atoms with Gasteiger partial charge in [-0.3, -0.25) is 4.57 Å². The van der Waals surface area contributed by atoms with Gasteiger partial charge in [0.1, 0.15) is 0 Å². The molecule has 7 aromatic carbocycles. The van der Waals surface area contributed by atoms with Crippen LogP contribution in [0.3, 0.4) is 0 Å². The highest BCUT2D eigenvalue weighted by Crippen LogP contribution is 2.32. The lowest BCUT2D eigenvalue weighted by atomic mass is 10.2. The lowest BCUT2D eigenvalue weighted by molar-refractivity contribution is 0.953. The number of nitrogens with zero attached hydrogens (tertiary/aromatic N) is 4. The molecule has 0 aliphatic heterocycles. The molecule has 9 rings (SSSR count). The molecule has 0 aliphatic carbocycles. The number of hydrogen-bond acceptors (Lipinski definition) is 3. The monoisotopic (exact) mass is 661 g/mol. The molecule has 50 heavy (non-hydrogen) atoms. The van der Waals surface area contributed by atoms with Gasteiger partial charge in [-0.2, -0.15) is 9.97 Å². The van der Waals surface area contributed by atoms with Gasteiger partial charge < -0.3 is 0 Å². The summed E-state index contributed by atoms with van der Waals surface area (Å²) >= 11 is 0. The van der Waals surface area contributed by atoms with Gasteiger partial charge in [0, 0.05) is 21.9 Å². The third-order valence-electron chi connectivity index (χ3n) is 9.30. The molecule has 2 heterocycles. The van der Waals surface area contributed by atoms with Crippen molar-refractivity contribution in [2.45, 2.75) is 0 Å². The number of fused-ring (bicyclic) bond motifs is 3. The minimum Gasteiger partial charge on any atom is -0.278 e. The molecule has 0 atom stereocenters. The van der Waals surface area contributed by atoms with Crippen LogP contribution in [0.5, 0.6) is 0 Å². The normalized spacial score (nSPS) is 13.0. The summed E-state index contributed by atoms with van der Waals surface area (Å²) < 4.78 is 44.9. The Bertz CT molecular complexity index is 2710. The summed E-state index contributed by atoms with van der Waals surface area (Å²) in [4.78, 5) is 15.0. The van der Waals surface area contributed by atoms with E-state index in [9.17, 15) is 0 Å². The Balaban J connectivity index is 1.36. The van der Waals surface area contributed by atoms with Crippen molar-refractivity contribution < 1.29 is 6.85 Å². The number of hydrogen-bond donors (Lipinski definition) is 0. The smallest absolute Gasteiger partial charge is 0.238 e. The Kier molecular flexibility index (Phi) is 6.19. The van der Waals surface area contributed by atoms with Crippen LogP contribution in [0, 0.1) is 0 Å². The van der Waals surface area contributed by atoms with Gasteiger partial charge in [0.2, 0.25) is 5.95 Å². The fourth-order valence-electron chi connectivity index (χ4n) is 7.16. The highest BCUT2D eigenvalue weighted by Gasteiger charge is 2.41. The second-order valence-corrected chi connectivity index (χ2v) is 15.9. The van der Waals surface area contributed by atoms with Crippen LogP contribution in [0.25, 0.3) is 50.5 Å². The molecular formula is C45H32N4Si. The maximum absolute atomic E-state index is 8.88. The highest BCUT2D eigenvalue weighted by atomic mass is 28.3.